The van der Waals surface area contributed by atoms with Gasteiger partial charge in [-0.1, -0.05) is 42.5 Å². The summed E-state index contributed by atoms with van der Waals surface area (Å²) < 4.78 is 28.9. The second-order valence-electron chi connectivity index (χ2n) is 6.40. The number of fused-ring (bicyclic) bond motifs is 1. The van der Waals surface area contributed by atoms with E-state index in [2.05, 4.69) is 9.71 Å². The molecule has 8 heteroatoms. The molecule has 28 heavy (non-hydrogen) atoms. The standard InChI is InChI=1S/C20H17N3O3S2/c1-14-11-19(24)23-18(12-27-20(23)21-14)16-7-9-17(10-8-16)22-28(25,26)13-15-5-3-2-4-6-15/h2-12,22H,13H2,1H3. The number of aryl methyl sites for hydroxylation is 1. The number of hydrogen-bond acceptors (Lipinski definition) is 5. The first-order valence-electron chi connectivity index (χ1n) is 8.54. The predicted octanol–water partition coefficient (Wildman–Crippen LogP) is 3.67. The summed E-state index contributed by atoms with van der Waals surface area (Å²) in [6.07, 6.45) is 0. The predicted molar refractivity (Wildman–Crippen MR) is 112 cm³/mol. The summed E-state index contributed by atoms with van der Waals surface area (Å²) in [5, 5.41) is 1.87. The van der Waals surface area contributed by atoms with Crippen LogP contribution in [0.3, 0.4) is 0 Å². The molecule has 142 valence electrons. The van der Waals surface area contributed by atoms with Crippen molar-refractivity contribution in [3.63, 3.8) is 0 Å². The Morgan fingerprint density at radius 3 is 2.50 bits per heavy atom. The highest BCUT2D eigenvalue weighted by molar-refractivity contribution is 7.91. The van der Waals surface area contributed by atoms with Crippen LogP contribution in [0.15, 0.2) is 70.8 Å². The van der Waals surface area contributed by atoms with Crippen molar-refractivity contribution in [3.05, 3.63) is 87.7 Å². The van der Waals surface area contributed by atoms with Crippen molar-refractivity contribution in [1.29, 1.82) is 0 Å². The second kappa shape index (κ2) is 7.21. The van der Waals surface area contributed by atoms with Gasteiger partial charge >= 0.3 is 0 Å². The fourth-order valence-electron chi connectivity index (χ4n) is 2.95. The van der Waals surface area contributed by atoms with Gasteiger partial charge in [-0.15, -0.1) is 11.3 Å². The van der Waals surface area contributed by atoms with Crippen LogP contribution in [0.1, 0.15) is 11.3 Å². The van der Waals surface area contributed by atoms with E-state index in [-0.39, 0.29) is 11.3 Å². The summed E-state index contributed by atoms with van der Waals surface area (Å²) in [4.78, 5) is 17.3. The third kappa shape index (κ3) is 3.83. The Morgan fingerprint density at radius 2 is 1.79 bits per heavy atom. The Hall–Kier alpha value is -2.97. The lowest BCUT2D eigenvalue weighted by Gasteiger charge is -2.09. The number of nitrogens with zero attached hydrogens (tertiary/aromatic N) is 2. The largest absolute Gasteiger partial charge is 0.283 e. The molecular weight excluding hydrogens is 394 g/mol. The Bertz CT molecular complexity index is 1290. The average molecular weight is 412 g/mol. The zero-order valence-corrected chi connectivity index (χ0v) is 16.6. The molecule has 2 aromatic carbocycles. The lowest BCUT2D eigenvalue weighted by molar-refractivity contribution is 0.600. The number of sulfonamides is 1. The third-order valence-electron chi connectivity index (χ3n) is 4.19. The van der Waals surface area contributed by atoms with Crippen molar-refractivity contribution in [2.24, 2.45) is 0 Å². The fraction of sp³-hybridized carbons (Fsp3) is 0.100. The van der Waals surface area contributed by atoms with E-state index in [0.717, 1.165) is 16.8 Å². The zero-order chi connectivity index (χ0) is 19.7. The molecule has 0 bridgehead atoms. The van der Waals surface area contributed by atoms with E-state index >= 15 is 0 Å². The normalized spacial score (nSPS) is 11.6. The van der Waals surface area contributed by atoms with E-state index in [1.807, 2.05) is 23.6 Å². The summed E-state index contributed by atoms with van der Waals surface area (Å²) in [6.45, 7) is 1.79. The van der Waals surface area contributed by atoms with Crippen LogP contribution in [-0.4, -0.2) is 17.8 Å². The quantitative estimate of drug-likeness (QED) is 0.543. The Labute approximate surface area is 166 Å². The van der Waals surface area contributed by atoms with Crippen molar-refractivity contribution < 1.29 is 8.42 Å². The number of aromatic nitrogens is 2. The fourth-order valence-corrected chi connectivity index (χ4v) is 5.10. The van der Waals surface area contributed by atoms with Crippen LogP contribution >= 0.6 is 11.3 Å². The highest BCUT2D eigenvalue weighted by atomic mass is 32.2. The molecule has 0 unspecified atom stereocenters. The summed E-state index contributed by atoms with van der Waals surface area (Å²) in [5.41, 5.74) is 3.29. The lowest BCUT2D eigenvalue weighted by Crippen LogP contribution is -2.15. The summed E-state index contributed by atoms with van der Waals surface area (Å²) >= 11 is 1.39. The maximum absolute atomic E-state index is 12.4. The smallest absolute Gasteiger partial charge is 0.259 e. The van der Waals surface area contributed by atoms with Gasteiger partial charge in [-0.25, -0.2) is 13.4 Å². The molecule has 0 fully saturated rings. The number of anilines is 1. The van der Waals surface area contributed by atoms with Crippen LogP contribution in [0.5, 0.6) is 0 Å². The van der Waals surface area contributed by atoms with E-state index in [4.69, 9.17) is 0 Å². The molecule has 0 radical (unpaired) electrons. The highest BCUT2D eigenvalue weighted by Crippen LogP contribution is 2.25. The molecule has 0 aliphatic carbocycles. The Morgan fingerprint density at radius 1 is 1.07 bits per heavy atom. The van der Waals surface area contributed by atoms with Crippen LogP contribution < -0.4 is 10.3 Å². The monoisotopic (exact) mass is 411 g/mol. The van der Waals surface area contributed by atoms with Crippen LogP contribution in [0.4, 0.5) is 5.69 Å². The van der Waals surface area contributed by atoms with Gasteiger partial charge in [0.1, 0.15) is 0 Å². The van der Waals surface area contributed by atoms with Gasteiger partial charge < -0.3 is 0 Å². The molecular formula is C20H17N3O3S2. The number of nitrogens with one attached hydrogen (secondary N) is 1. The molecule has 4 aromatic rings. The zero-order valence-electron chi connectivity index (χ0n) is 15.0. The van der Waals surface area contributed by atoms with Crippen LogP contribution in [0, 0.1) is 6.92 Å². The molecule has 6 nitrogen and oxygen atoms in total. The SMILES string of the molecule is Cc1cc(=O)n2c(-c3ccc(NS(=O)(=O)Cc4ccccc4)cc3)csc2n1. The van der Waals surface area contributed by atoms with Crippen molar-refractivity contribution in [3.8, 4) is 11.3 Å². The van der Waals surface area contributed by atoms with Crippen LogP contribution in [-0.2, 0) is 15.8 Å². The Kier molecular flexibility index (Phi) is 4.74. The van der Waals surface area contributed by atoms with Gasteiger partial charge in [-0.3, -0.25) is 13.9 Å². The van der Waals surface area contributed by atoms with E-state index in [1.54, 1.807) is 47.7 Å². The summed E-state index contributed by atoms with van der Waals surface area (Å²) in [7, 11) is -3.51. The molecule has 0 saturated carbocycles. The van der Waals surface area contributed by atoms with E-state index in [0.29, 0.717) is 16.3 Å². The number of rotatable bonds is 5. The average Bonchev–Trinajstić information content (AvgIpc) is 3.06. The molecule has 1 N–H and O–H groups in total. The van der Waals surface area contributed by atoms with Gasteiger partial charge in [0.05, 0.1) is 11.4 Å². The van der Waals surface area contributed by atoms with Gasteiger partial charge in [0.15, 0.2) is 4.96 Å². The Balaban J connectivity index is 1.59. The number of hydrogen-bond donors (Lipinski definition) is 1. The highest BCUT2D eigenvalue weighted by Gasteiger charge is 2.13. The first kappa shape index (κ1) is 18.4. The molecule has 0 spiro atoms. The lowest BCUT2D eigenvalue weighted by atomic mass is 10.1. The van der Waals surface area contributed by atoms with Crippen molar-refractivity contribution in [2.45, 2.75) is 12.7 Å². The molecule has 0 saturated heterocycles. The van der Waals surface area contributed by atoms with E-state index < -0.39 is 10.0 Å². The topological polar surface area (TPSA) is 80.5 Å². The van der Waals surface area contributed by atoms with Gasteiger partial charge in [0.25, 0.3) is 5.56 Å². The van der Waals surface area contributed by atoms with Gasteiger partial charge in [0, 0.05) is 22.8 Å². The molecule has 2 aromatic heterocycles. The summed E-state index contributed by atoms with van der Waals surface area (Å²) in [6, 6.07) is 17.5. The second-order valence-corrected chi connectivity index (χ2v) is 8.96. The molecule has 4 rings (SSSR count). The van der Waals surface area contributed by atoms with Gasteiger partial charge in [-0.2, -0.15) is 0 Å². The maximum Gasteiger partial charge on any atom is 0.259 e. The van der Waals surface area contributed by atoms with E-state index in [1.165, 1.54) is 17.4 Å². The minimum absolute atomic E-state index is 0.0921. The first-order valence-corrected chi connectivity index (χ1v) is 11.1. The molecule has 0 amide bonds. The first-order chi connectivity index (χ1) is 13.4. The summed E-state index contributed by atoms with van der Waals surface area (Å²) in [5.74, 6) is -0.0921. The van der Waals surface area contributed by atoms with Crippen LogP contribution in [0.25, 0.3) is 16.2 Å². The van der Waals surface area contributed by atoms with E-state index in [9.17, 15) is 13.2 Å². The van der Waals surface area contributed by atoms with Crippen molar-refractivity contribution in [1.82, 2.24) is 9.38 Å². The minimum Gasteiger partial charge on any atom is -0.283 e. The van der Waals surface area contributed by atoms with Crippen molar-refractivity contribution >= 4 is 32.0 Å². The molecule has 0 atom stereocenters. The molecule has 0 aliphatic heterocycles. The number of thiazole rings is 1. The van der Waals surface area contributed by atoms with Gasteiger partial charge in [-0.05, 0) is 30.2 Å². The minimum atomic E-state index is -3.51. The van der Waals surface area contributed by atoms with Gasteiger partial charge in [0.2, 0.25) is 10.0 Å². The molecule has 2 heterocycles. The third-order valence-corrected chi connectivity index (χ3v) is 6.27. The maximum atomic E-state index is 12.4. The van der Waals surface area contributed by atoms with Crippen molar-refractivity contribution in [2.75, 3.05) is 4.72 Å². The molecule has 0 aliphatic rings. The van der Waals surface area contributed by atoms with Crippen LogP contribution in [0.2, 0.25) is 0 Å². The number of benzene rings is 2.